The molecule has 1 saturated carbocycles. The minimum absolute atomic E-state index is 0.149. The SMILES string of the molecule is CCOCOc1c(F)cc(CNC2CC2)cc1F. The number of halogens is 2. The van der Waals surface area contributed by atoms with Crippen LogP contribution in [0.15, 0.2) is 12.1 Å². The Kier molecular flexibility index (Phi) is 4.49. The van der Waals surface area contributed by atoms with Crippen molar-refractivity contribution >= 4 is 0 Å². The lowest BCUT2D eigenvalue weighted by atomic mass is 10.2. The maximum Gasteiger partial charge on any atom is 0.193 e. The lowest BCUT2D eigenvalue weighted by molar-refractivity contribution is 0.0176. The van der Waals surface area contributed by atoms with Crippen LogP contribution in [0.3, 0.4) is 0 Å². The molecule has 5 heteroatoms. The monoisotopic (exact) mass is 257 g/mol. The van der Waals surface area contributed by atoms with Crippen LogP contribution in [0.2, 0.25) is 0 Å². The van der Waals surface area contributed by atoms with E-state index in [1.807, 2.05) is 0 Å². The summed E-state index contributed by atoms with van der Waals surface area (Å²) in [6.07, 6.45) is 2.28. The smallest absolute Gasteiger partial charge is 0.193 e. The summed E-state index contributed by atoms with van der Waals surface area (Å²) >= 11 is 0. The summed E-state index contributed by atoms with van der Waals surface area (Å²) in [6.45, 7) is 2.55. The maximum atomic E-state index is 13.6. The zero-order valence-corrected chi connectivity index (χ0v) is 10.3. The van der Waals surface area contributed by atoms with Gasteiger partial charge in [0.15, 0.2) is 24.2 Å². The number of hydrogen-bond acceptors (Lipinski definition) is 3. The van der Waals surface area contributed by atoms with Gasteiger partial charge in [-0.25, -0.2) is 8.78 Å². The van der Waals surface area contributed by atoms with Crippen LogP contribution in [-0.4, -0.2) is 19.4 Å². The van der Waals surface area contributed by atoms with Gasteiger partial charge in [-0.05, 0) is 37.5 Å². The van der Waals surface area contributed by atoms with E-state index < -0.39 is 11.6 Å². The summed E-state index contributed by atoms with van der Waals surface area (Å²) < 4.78 is 37.1. The third kappa shape index (κ3) is 3.65. The maximum absolute atomic E-state index is 13.6. The first-order valence-electron chi connectivity index (χ1n) is 6.12. The van der Waals surface area contributed by atoms with Crippen molar-refractivity contribution in [2.45, 2.75) is 32.4 Å². The Labute approximate surface area is 105 Å². The molecule has 0 saturated heterocycles. The zero-order valence-electron chi connectivity index (χ0n) is 10.3. The van der Waals surface area contributed by atoms with E-state index in [1.165, 1.54) is 12.1 Å². The fourth-order valence-corrected chi connectivity index (χ4v) is 1.59. The first kappa shape index (κ1) is 13.2. The molecule has 1 aromatic rings. The summed E-state index contributed by atoms with van der Waals surface area (Å²) in [4.78, 5) is 0. The molecule has 0 bridgehead atoms. The van der Waals surface area contributed by atoms with Crippen LogP contribution in [0, 0.1) is 11.6 Å². The molecule has 1 fully saturated rings. The molecule has 18 heavy (non-hydrogen) atoms. The number of benzene rings is 1. The molecule has 0 amide bonds. The fraction of sp³-hybridized carbons (Fsp3) is 0.538. The van der Waals surface area contributed by atoms with Gasteiger partial charge in [0.2, 0.25) is 0 Å². The van der Waals surface area contributed by atoms with Gasteiger partial charge in [-0.1, -0.05) is 0 Å². The van der Waals surface area contributed by atoms with Crippen LogP contribution in [0.5, 0.6) is 5.75 Å². The Morgan fingerprint density at radius 1 is 1.28 bits per heavy atom. The molecule has 100 valence electrons. The molecule has 3 nitrogen and oxygen atoms in total. The Morgan fingerprint density at radius 2 is 1.94 bits per heavy atom. The van der Waals surface area contributed by atoms with Crippen LogP contribution in [-0.2, 0) is 11.3 Å². The first-order chi connectivity index (χ1) is 8.70. The summed E-state index contributed by atoms with van der Waals surface area (Å²) in [5.41, 5.74) is 0.584. The number of ether oxygens (including phenoxy) is 2. The highest BCUT2D eigenvalue weighted by Crippen LogP contribution is 2.24. The van der Waals surface area contributed by atoms with E-state index >= 15 is 0 Å². The number of hydrogen-bond donors (Lipinski definition) is 1. The second-order valence-electron chi connectivity index (χ2n) is 4.30. The van der Waals surface area contributed by atoms with E-state index in [1.54, 1.807) is 6.92 Å². The molecule has 0 atom stereocenters. The topological polar surface area (TPSA) is 30.5 Å². The minimum atomic E-state index is -0.692. The molecule has 0 unspecified atom stereocenters. The molecule has 0 radical (unpaired) electrons. The van der Waals surface area contributed by atoms with E-state index in [0.717, 1.165) is 12.8 Å². The van der Waals surface area contributed by atoms with Crippen LogP contribution in [0.25, 0.3) is 0 Å². The second-order valence-corrected chi connectivity index (χ2v) is 4.30. The number of nitrogens with one attached hydrogen (secondary N) is 1. The summed E-state index contributed by atoms with van der Waals surface area (Å²) in [5.74, 6) is -1.76. The molecule has 0 heterocycles. The quantitative estimate of drug-likeness (QED) is 0.601. The summed E-state index contributed by atoms with van der Waals surface area (Å²) in [7, 11) is 0. The van der Waals surface area contributed by atoms with Gasteiger partial charge in [-0.15, -0.1) is 0 Å². The Bertz CT molecular complexity index is 385. The van der Waals surface area contributed by atoms with Crippen molar-refractivity contribution in [3.8, 4) is 5.75 Å². The number of rotatable bonds is 7. The highest BCUT2D eigenvalue weighted by Gasteiger charge is 2.20. The molecule has 0 aromatic heterocycles. The molecule has 1 aliphatic rings. The average molecular weight is 257 g/mol. The molecule has 1 N–H and O–H groups in total. The zero-order chi connectivity index (χ0) is 13.0. The largest absolute Gasteiger partial charge is 0.461 e. The molecule has 2 rings (SSSR count). The van der Waals surface area contributed by atoms with Gasteiger partial charge < -0.3 is 14.8 Å². The Balaban J connectivity index is 1.97. The molecule has 0 spiro atoms. The van der Waals surface area contributed by atoms with Crippen molar-refractivity contribution in [3.05, 3.63) is 29.3 Å². The Hall–Kier alpha value is -1.20. The van der Waals surface area contributed by atoms with Crippen LogP contribution < -0.4 is 10.1 Å². The van der Waals surface area contributed by atoms with E-state index in [2.05, 4.69) is 5.32 Å². The predicted octanol–water partition coefficient (Wildman–Crippen LogP) is 2.59. The Morgan fingerprint density at radius 3 is 2.50 bits per heavy atom. The van der Waals surface area contributed by atoms with E-state index in [0.29, 0.717) is 24.8 Å². The fourth-order valence-electron chi connectivity index (χ4n) is 1.59. The second kappa shape index (κ2) is 6.11. The van der Waals surface area contributed by atoms with Gasteiger partial charge in [0.05, 0.1) is 0 Å². The van der Waals surface area contributed by atoms with Gasteiger partial charge >= 0.3 is 0 Å². The van der Waals surface area contributed by atoms with Gasteiger partial charge in [0.25, 0.3) is 0 Å². The van der Waals surface area contributed by atoms with Gasteiger partial charge in [0, 0.05) is 19.2 Å². The lowest BCUT2D eigenvalue weighted by Crippen LogP contribution is -2.16. The standard InChI is InChI=1S/C13H17F2NO2/c1-2-17-8-18-13-11(14)5-9(6-12(13)15)7-16-10-3-4-10/h5-6,10,16H,2-4,7-8H2,1H3. The summed E-state index contributed by atoms with van der Waals surface area (Å²) in [6, 6.07) is 3.09. The van der Waals surface area contributed by atoms with E-state index in [-0.39, 0.29) is 12.5 Å². The van der Waals surface area contributed by atoms with Gasteiger partial charge in [-0.3, -0.25) is 0 Å². The summed E-state index contributed by atoms with van der Waals surface area (Å²) in [5, 5.41) is 3.20. The van der Waals surface area contributed by atoms with Crippen molar-refractivity contribution in [1.29, 1.82) is 0 Å². The molecule has 1 aliphatic carbocycles. The van der Waals surface area contributed by atoms with Crippen molar-refractivity contribution in [2.75, 3.05) is 13.4 Å². The molecule has 0 aliphatic heterocycles. The van der Waals surface area contributed by atoms with Crippen molar-refractivity contribution in [3.63, 3.8) is 0 Å². The van der Waals surface area contributed by atoms with Crippen LogP contribution in [0.4, 0.5) is 8.78 Å². The van der Waals surface area contributed by atoms with Gasteiger partial charge in [0.1, 0.15) is 0 Å². The third-order valence-corrected chi connectivity index (χ3v) is 2.72. The predicted molar refractivity (Wildman–Crippen MR) is 63.3 cm³/mol. The van der Waals surface area contributed by atoms with E-state index in [9.17, 15) is 8.78 Å². The third-order valence-electron chi connectivity index (χ3n) is 2.72. The van der Waals surface area contributed by atoms with E-state index in [4.69, 9.17) is 9.47 Å². The van der Waals surface area contributed by atoms with Crippen LogP contribution >= 0.6 is 0 Å². The lowest BCUT2D eigenvalue weighted by Gasteiger charge is -2.10. The highest BCUT2D eigenvalue weighted by molar-refractivity contribution is 5.31. The molecular formula is C13H17F2NO2. The van der Waals surface area contributed by atoms with Crippen molar-refractivity contribution in [1.82, 2.24) is 5.32 Å². The normalized spacial score (nSPS) is 14.8. The molecular weight excluding hydrogens is 240 g/mol. The minimum Gasteiger partial charge on any atom is -0.461 e. The highest BCUT2D eigenvalue weighted by atomic mass is 19.1. The average Bonchev–Trinajstić information content (AvgIpc) is 3.14. The van der Waals surface area contributed by atoms with Gasteiger partial charge in [-0.2, -0.15) is 0 Å². The van der Waals surface area contributed by atoms with Crippen molar-refractivity contribution in [2.24, 2.45) is 0 Å². The van der Waals surface area contributed by atoms with Crippen LogP contribution in [0.1, 0.15) is 25.3 Å². The molecule has 1 aromatic carbocycles. The van der Waals surface area contributed by atoms with Crippen molar-refractivity contribution < 1.29 is 18.3 Å². The first-order valence-corrected chi connectivity index (χ1v) is 6.12.